The standard InChI is InChI=1S/C16H18ClNO2S/c1-16(2,3)18-12-8-10-13(11-9-12)21(19,20)15-7-5-4-6-14(15)17/h4-11,18H,1-3H3. The van der Waals surface area contributed by atoms with Gasteiger partial charge in [-0.2, -0.15) is 0 Å². The molecule has 0 atom stereocenters. The lowest BCUT2D eigenvalue weighted by Gasteiger charge is -2.22. The summed E-state index contributed by atoms with van der Waals surface area (Å²) in [6.45, 7) is 6.13. The Bertz CT molecular complexity index is 732. The summed E-state index contributed by atoms with van der Waals surface area (Å²) in [5, 5.41) is 3.52. The fraction of sp³-hybridized carbons (Fsp3) is 0.250. The molecule has 0 radical (unpaired) electrons. The summed E-state index contributed by atoms with van der Waals surface area (Å²) < 4.78 is 25.1. The topological polar surface area (TPSA) is 46.2 Å². The van der Waals surface area contributed by atoms with Crippen LogP contribution < -0.4 is 5.32 Å². The molecule has 0 spiro atoms. The molecular formula is C16H18ClNO2S. The monoisotopic (exact) mass is 323 g/mol. The van der Waals surface area contributed by atoms with Crippen LogP contribution in [0.4, 0.5) is 5.69 Å². The van der Waals surface area contributed by atoms with E-state index in [4.69, 9.17) is 11.6 Å². The average molecular weight is 324 g/mol. The summed E-state index contributed by atoms with van der Waals surface area (Å²) >= 11 is 5.99. The number of hydrogen-bond donors (Lipinski definition) is 1. The molecule has 0 aromatic heterocycles. The third-order valence-electron chi connectivity index (χ3n) is 2.81. The van der Waals surface area contributed by atoms with Gasteiger partial charge in [-0.15, -0.1) is 0 Å². The second kappa shape index (κ2) is 5.70. The predicted molar refractivity (Wildman–Crippen MR) is 86.7 cm³/mol. The van der Waals surface area contributed by atoms with E-state index < -0.39 is 9.84 Å². The van der Waals surface area contributed by atoms with E-state index in [1.807, 2.05) is 20.8 Å². The van der Waals surface area contributed by atoms with Crippen LogP contribution in [0.2, 0.25) is 5.02 Å². The third-order valence-corrected chi connectivity index (χ3v) is 5.08. The van der Waals surface area contributed by atoms with Crippen LogP contribution in [0, 0.1) is 0 Å². The number of sulfone groups is 1. The second-order valence-corrected chi connectivity index (χ2v) is 8.16. The predicted octanol–water partition coefficient (Wildman–Crippen LogP) is 4.38. The minimum atomic E-state index is -3.59. The van der Waals surface area contributed by atoms with Crippen LogP contribution in [0.1, 0.15) is 20.8 Å². The number of benzene rings is 2. The molecule has 21 heavy (non-hydrogen) atoms. The quantitative estimate of drug-likeness (QED) is 0.911. The van der Waals surface area contributed by atoms with Crippen LogP contribution >= 0.6 is 11.6 Å². The van der Waals surface area contributed by atoms with Crippen molar-refractivity contribution in [2.45, 2.75) is 36.1 Å². The lowest BCUT2D eigenvalue weighted by Crippen LogP contribution is -2.25. The minimum absolute atomic E-state index is 0.0802. The molecule has 0 aliphatic heterocycles. The molecule has 2 rings (SSSR count). The first-order valence-corrected chi connectivity index (χ1v) is 8.44. The molecule has 1 N–H and O–H groups in total. The molecule has 0 heterocycles. The van der Waals surface area contributed by atoms with Crippen molar-refractivity contribution >= 4 is 27.1 Å². The van der Waals surface area contributed by atoms with Crippen LogP contribution in [-0.4, -0.2) is 14.0 Å². The van der Waals surface area contributed by atoms with E-state index in [-0.39, 0.29) is 20.4 Å². The number of anilines is 1. The van der Waals surface area contributed by atoms with Crippen LogP contribution in [0.3, 0.4) is 0 Å². The van der Waals surface area contributed by atoms with E-state index in [1.54, 1.807) is 42.5 Å². The zero-order valence-electron chi connectivity index (χ0n) is 12.2. The van der Waals surface area contributed by atoms with E-state index in [9.17, 15) is 8.42 Å². The highest BCUT2D eigenvalue weighted by Gasteiger charge is 2.20. The summed E-state index contributed by atoms with van der Waals surface area (Å²) in [5.74, 6) is 0. The van der Waals surface area contributed by atoms with Crippen LogP contribution in [0.25, 0.3) is 0 Å². The van der Waals surface area contributed by atoms with Crippen molar-refractivity contribution in [3.8, 4) is 0 Å². The average Bonchev–Trinajstić information content (AvgIpc) is 2.37. The maximum absolute atomic E-state index is 12.5. The highest BCUT2D eigenvalue weighted by Crippen LogP contribution is 2.28. The van der Waals surface area contributed by atoms with E-state index >= 15 is 0 Å². The van der Waals surface area contributed by atoms with Gasteiger partial charge in [0.25, 0.3) is 0 Å². The molecule has 0 bridgehead atoms. The Hall–Kier alpha value is -1.52. The molecule has 0 aliphatic rings. The van der Waals surface area contributed by atoms with Gasteiger partial charge in [-0.3, -0.25) is 0 Å². The van der Waals surface area contributed by atoms with Gasteiger partial charge in [-0.05, 0) is 57.2 Å². The lowest BCUT2D eigenvalue weighted by atomic mass is 10.1. The summed E-state index contributed by atoms with van der Waals surface area (Å²) in [5.41, 5.74) is 0.795. The summed E-state index contributed by atoms with van der Waals surface area (Å²) in [4.78, 5) is 0.359. The molecule has 3 nitrogen and oxygen atoms in total. The molecule has 0 aliphatic carbocycles. The fourth-order valence-electron chi connectivity index (χ4n) is 1.94. The SMILES string of the molecule is CC(C)(C)Nc1ccc(S(=O)(=O)c2ccccc2Cl)cc1. The zero-order valence-corrected chi connectivity index (χ0v) is 13.8. The van der Waals surface area contributed by atoms with Gasteiger partial charge in [0.15, 0.2) is 0 Å². The van der Waals surface area contributed by atoms with Crippen molar-refractivity contribution < 1.29 is 8.42 Å². The van der Waals surface area contributed by atoms with Crippen molar-refractivity contribution in [2.24, 2.45) is 0 Å². The van der Waals surface area contributed by atoms with E-state index in [2.05, 4.69) is 5.32 Å². The van der Waals surface area contributed by atoms with Crippen molar-refractivity contribution in [1.82, 2.24) is 0 Å². The zero-order chi connectivity index (χ0) is 15.7. The number of rotatable bonds is 3. The maximum atomic E-state index is 12.5. The highest BCUT2D eigenvalue weighted by molar-refractivity contribution is 7.91. The summed E-state index contributed by atoms with van der Waals surface area (Å²) in [6, 6.07) is 13.2. The largest absolute Gasteiger partial charge is 0.380 e. The number of nitrogens with one attached hydrogen (secondary N) is 1. The van der Waals surface area contributed by atoms with Gasteiger partial charge < -0.3 is 5.32 Å². The van der Waals surface area contributed by atoms with Crippen molar-refractivity contribution in [3.63, 3.8) is 0 Å². The first kappa shape index (κ1) is 15.9. The van der Waals surface area contributed by atoms with Crippen molar-refractivity contribution in [2.75, 3.05) is 5.32 Å². The van der Waals surface area contributed by atoms with E-state index in [0.29, 0.717) is 0 Å². The fourth-order valence-corrected chi connectivity index (χ4v) is 3.71. The summed E-state index contributed by atoms with van der Waals surface area (Å²) in [7, 11) is -3.59. The summed E-state index contributed by atoms with van der Waals surface area (Å²) in [6.07, 6.45) is 0. The second-order valence-electron chi connectivity index (χ2n) is 5.83. The normalized spacial score (nSPS) is 12.2. The lowest BCUT2D eigenvalue weighted by molar-refractivity contribution is 0.596. The van der Waals surface area contributed by atoms with Gasteiger partial charge in [0.2, 0.25) is 9.84 Å². The Morgan fingerprint density at radius 2 is 1.52 bits per heavy atom. The molecule has 0 amide bonds. The van der Waals surface area contributed by atoms with Crippen LogP contribution in [0.5, 0.6) is 0 Å². The Morgan fingerprint density at radius 1 is 0.952 bits per heavy atom. The number of halogens is 1. The van der Waals surface area contributed by atoms with E-state index in [1.165, 1.54) is 6.07 Å². The Kier molecular flexibility index (Phi) is 4.30. The van der Waals surface area contributed by atoms with Gasteiger partial charge in [-0.25, -0.2) is 8.42 Å². The first-order chi connectivity index (χ1) is 9.70. The molecule has 0 unspecified atom stereocenters. The van der Waals surface area contributed by atoms with E-state index in [0.717, 1.165) is 5.69 Å². The van der Waals surface area contributed by atoms with Gasteiger partial charge in [0.05, 0.1) is 14.8 Å². The molecule has 2 aromatic rings. The van der Waals surface area contributed by atoms with Gasteiger partial charge in [0.1, 0.15) is 0 Å². The smallest absolute Gasteiger partial charge is 0.208 e. The van der Waals surface area contributed by atoms with Gasteiger partial charge in [0, 0.05) is 11.2 Å². The maximum Gasteiger partial charge on any atom is 0.208 e. The molecule has 112 valence electrons. The molecule has 5 heteroatoms. The first-order valence-electron chi connectivity index (χ1n) is 6.58. The number of hydrogen-bond acceptors (Lipinski definition) is 3. The Morgan fingerprint density at radius 3 is 2.05 bits per heavy atom. The van der Waals surface area contributed by atoms with Gasteiger partial charge >= 0.3 is 0 Å². The molecule has 0 saturated heterocycles. The highest BCUT2D eigenvalue weighted by atomic mass is 35.5. The van der Waals surface area contributed by atoms with Gasteiger partial charge in [-0.1, -0.05) is 23.7 Å². The van der Waals surface area contributed by atoms with Crippen LogP contribution in [-0.2, 0) is 9.84 Å². The molecule has 0 fully saturated rings. The Balaban J connectivity index is 2.36. The molecule has 2 aromatic carbocycles. The molecule has 0 saturated carbocycles. The third kappa shape index (κ3) is 3.77. The van der Waals surface area contributed by atoms with Crippen LogP contribution in [0.15, 0.2) is 58.3 Å². The molecular weight excluding hydrogens is 306 g/mol. The van der Waals surface area contributed by atoms with Crippen molar-refractivity contribution in [3.05, 3.63) is 53.6 Å². The van der Waals surface area contributed by atoms with Crippen molar-refractivity contribution in [1.29, 1.82) is 0 Å². The minimum Gasteiger partial charge on any atom is -0.380 e. The Labute approximate surface area is 130 Å².